The second-order valence-corrected chi connectivity index (χ2v) is 4.59. The highest BCUT2D eigenvalue weighted by atomic mass is 32.2. The molecule has 0 amide bonds. The van der Waals surface area contributed by atoms with Gasteiger partial charge in [0.1, 0.15) is 10.1 Å². The minimum atomic E-state index is 1.12. The Morgan fingerprint density at radius 2 is 1.42 bits per heavy atom. The molecule has 3 aliphatic rings. The largest absolute Gasteiger partial charge is 0.338 e. The summed E-state index contributed by atoms with van der Waals surface area (Å²) in [6, 6.07) is 0. The van der Waals surface area contributed by atoms with Gasteiger partial charge in [0.15, 0.2) is 0 Å². The molecule has 0 N–H and O–H groups in total. The Bertz CT molecular complexity index is 276. The third kappa shape index (κ3) is 0.850. The first-order valence-corrected chi connectivity index (χ1v) is 5.65. The van der Waals surface area contributed by atoms with Gasteiger partial charge in [-0.15, -0.1) is 0 Å². The number of thioether (sulfide) groups is 2. The van der Waals surface area contributed by atoms with Gasteiger partial charge in [-0.3, -0.25) is 0 Å². The van der Waals surface area contributed by atoms with E-state index in [1.807, 2.05) is 23.5 Å². The molecule has 3 rings (SSSR count). The van der Waals surface area contributed by atoms with E-state index in [9.17, 15) is 0 Å². The third-order valence-corrected chi connectivity index (χ3v) is 4.07. The van der Waals surface area contributed by atoms with Crippen LogP contribution in [0.1, 0.15) is 0 Å². The number of hydrogen-bond acceptors (Lipinski definition) is 4. The topological polar surface area (TPSA) is 6.48 Å². The van der Waals surface area contributed by atoms with Crippen LogP contribution in [0.2, 0.25) is 0 Å². The van der Waals surface area contributed by atoms with E-state index >= 15 is 0 Å². The molecule has 0 saturated carbocycles. The van der Waals surface area contributed by atoms with E-state index in [2.05, 4.69) is 33.0 Å². The third-order valence-electron chi connectivity index (χ3n) is 2.13. The molecule has 0 saturated heterocycles. The van der Waals surface area contributed by atoms with Crippen LogP contribution in [0.5, 0.6) is 0 Å². The van der Waals surface area contributed by atoms with Gasteiger partial charge in [-0.2, -0.15) is 0 Å². The fourth-order valence-corrected chi connectivity index (χ4v) is 3.49. The Hall–Kier alpha value is -0.480. The maximum absolute atomic E-state index is 2.33. The molecule has 0 aromatic carbocycles. The summed E-state index contributed by atoms with van der Waals surface area (Å²) in [5.74, 6) is 0. The Morgan fingerprint density at radius 1 is 0.917 bits per heavy atom. The molecule has 0 aromatic heterocycles. The molecule has 0 unspecified atom stereocenters. The molecule has 2 nitrogen and oxygen atoms in total. The van der Waals surface area contributed by atoms with Crippen molar-refractivity contribution in [3.05, 3.63) is 33.3 Å². The summed E-state index contributed by atoms with van der Waals surface area (Å²) in [5, 5.41) is 7.11. The van der Waals surface area contributed by atoms with Gasteiger partial charge in [-0.05, 0) is 10.8 Å². The molecule has 12 heavy (non-hydrogen) atoms. The first kappa shape index (κ1) is 6.97. The van der Waals surface area contributed by atoms with Crippen molar-refractivity contribution in [1.29, 1.82) is 0 Å². The van der Waals surface area contributed by atoms with Crippen molar-refractivity contribution in [2.75, 3.05) is 13.1 Å². The molecular weight excluding hydrogens is 188 g/mol. The van der Waals surface area contributed by atoms with E-state index in [4.69, 9.17) is 0 Å². The summed E-state index contributed by atoms with van der Waals surface area (Å²) >= 11 is 3.65. The predicted molar refractivity (Wildman–Crippen MR) is 53.9 cm³/mol. The zero-order valence-electron chi connectivity index (χ0n) is 6.43. The maximum atomic E-state index is 2.33. The van der Waals surface area contributed by atoms with Crippen LogP contribution in [0, 0.1) is 0 Å². The molecule has 0 fully saturated rings. The minimum Gasteiger partial charge on any atom is -0.338 e. The van der Waals surface area contributed by atoms with Crippen LogP contribution < -0.4 is 0 Å². The molecule has 0 atom stereocenters. The van der Waals surface area contributed by atoms with Crippen LogP contribution in [0.3, 0.4) is 0 Å². The van der Waals surface area contributed by atoms with Gasteiger partial charge in [0.2, 0.25) is 0 Å². The van der Waals surface area contributed by atoms with Gasteiger partial charge in [-0.25, -0.2) is 0 Å². The molecule has 0 aromatic rings. The molecule has 62 valence electrons. The molecule has 0 spiro atoms. The smallest absolute Gasteiger partial charge is 0.110 e. The van der Waals surface area contributed by atoms with Crippen molar-refractivity contribution in [2.24, 2.45) is 0 Å². The molecule has 0 bridgehead atoms. The van der Waals surface area contributed by atoms with E-state index in [0.29, 0.717) is 0 Å². The van der Waals surface area contributed by atoms with Crippen LogP contribution >= 0.6 is 23.5 Å². The zero-order chi connectivity index (χ0) is 7.97. The lowest BCUT2D eigenvalue weighted by Crippen LogP contribution is -2.32. The van der Waals surface area contributed by atoms with Crippen molar-refractivity contribution >= 4 is 23.5 Å². The predicted octanol–water partition coefficient (Wildman–Crippen LogP) is 2.17. The molecule has 0 radical (unpaired) electrons. The summed E-state index contributed by atoms with van der Waals surface area (Å²) in [7, 11) is 0. The SMILES string of the molecule is C1=CN2CCN3C=CSC3=C2S1. The van der Waals surface area contributed by atoms with Gasteiger partial charge >= 0.3 is 0 Å². The Labute approximate surface area is 80.0 Å². The van der Waals surface area contributed by atoms with E-state index in [0.717, 1.165) is 13.1 Å². The van der Waals surface area contributed by atoms with Crippen LogP contribution in [-0.4, -0.2) is 22.9 Å². The van der Waals surface area contributed by atoms with Gasteiger partial charge < -0.3 is 9.80 Å². The van der Waals surface area contributed by atoms with Crippen molar-refractivity contribution in [1.82, 2.24) is 9.80 Å². The van der Waals surface area contributed by atoms with Gasteiger partial charge in [0.25, 0.3) is 0 Å². The fourth-order valence-electron chi connectivity index (χ4n) is 1.52. The van der Waals surface area contributed by atoms with Gasteiger partial charge in [-0.1, -0.05) is 23.5 Å². The van der Waals surface area contributed by atoms with Crippen LogP contribution in [-0.2, 0) is 0 Å². The summed E-state index contributed by atoms with van der Waals surface area (Å²) in [6.07, 6.45) is 4.34. The van der Waals surface area contributed by atoms with Gasteiger partial charge in [0.05, 0.1) is 0 Å². The van der Waals surface area contributed by atoms with E-state index < -0.39 is 0 Å². The average molecular weight is 196 g/mol. The monoisotopic (exact) mass is 196 g/mol. The van der Waals surface area contributed by atoms with E-state index in [-0.39, 0.29) is 0 Å². The molecule has 4 heteroatoms. The standard InChI is InChI=1S/C8H8N2S2/c1-2-10-4-6-12-8(10)7-9(1)3-5-11-7/h3-6H,1-2H2. The highest BCUT2D eigenvalue weighted by molar-refractivity contribution is 8.09. The first-order chi connectivity index (χ1) is 5.95. The molecule has 3 aliphatic heterocycles. The number of hydrogen-bond donors (Lipinski definition) is 0. The molecule has 0 aliphatic carbocycles. The second kappa shape index (κ2) is 2.50. The number of fused-ring (bicyclic) bond motifs is 2. The number of nitrogens with zero attached hydrogens (tertiary/aromatic N) is 2. The highest BCUT2D eigenvalue weighted by Crippen LogP contribution is 2.43. The summed E-state index contributed by atoms with van der Waals surface area (Å²) in [6.45, 7) is 2.24. The second-order valence-electron chi connectivity index (χ2n) is 2.80. The first-order valence-electron chi connectivity index (χ1n) is 3.89. The summed E-state index contributed by atoms with van der Waals surface area (Å²) < 4.78 is 0. The van der Waals surface area contributed by atoms with Crippen LogP contribution in [0.15, 0.2) is 33.3 Å². The fraction of sp³-hybridized carbons (Fsp3) is 0.250. The Morgan fingerprint density at radius 3 is 1.92 bits per heavy atom. The lowest BCUT2D eigenvalue weighted by molar-refractivity contribution is 0.362. The summed E-state index contributed by atoms with van der Waals surface area (Å²) in [5.41, 5.74) is 0. The number of rotatable bonds is 0. The lowest BCUT2D eigenvalue weighted by Gasteiger charge is -2.31. The van der Waals surface area contributed by atoms with E-state index in [1.165, 1.54) is 10.1 Å². The molecular formula is C8H8N2S2. The average Bonchev–Trinajstić information content (AvgIpc) is 2.71. The van der Waals surface area contributed by atoms with E-state index in [1.54, 1.807) is 0 Å². The highest BCUT2D eigenvalue weighted by Gasteiger charge is 2.27. The van der Waals surface area contributed by atoms with Gasteiger partial charge in [0, 0.05) is 25.5 Å². The Kier molecular flexibility index (Phi) is 1.45. The van der Waals surface area contributed by atoms with Crippen molar-refractivity contribution in [2.45, 2.75) is 0 Å². The van der Waals surface area contributed by atoms with Crippen molar-refractivity contribution < 1.29 is 0 Å². The van der Waals surface area contributed by atoms with Crippen LogP contribution in [0.4, 0.5) is 0 Å². The zero-order valence-corrected chi connectivity index (χ0v) is 8.07. The normalized spacial score (nSPS) is 25.3. The van der Waals surface area contributed by atoms with Crippen molar-refractivity contribution in [3.8, 4) is 0 Å². The molecule has 3 heterocycles. The van der Waals surface area contributed by atoms with Crippen LogP contribution in [0.25, 0.3) is 0 Å². The van der Waals surface area contributed by atoms with Crippen molar-refractivity contribution in [3.63, 3.8) is 0 Å². The quantitative estimate of drug-likeness (QED) is 0.585. The maximum Gasteiger partial charge on any atom is 0.110 e. The summed E-state index contributed by atoms with van der Waals surface area (Å²) in [4.78, 5) is 4.66. The lowest BCUT2D eigenvalue weighted by atomic mass is 10.4. The Balaban J connectivity index is 2.05. The minimum absolute atomic E-state index is 1.12.